The molecule has 0 saturated heterocycles. The number of benzene rings is 1. The Bertz CT molecular complexity index is 1520. The molecule has 10 heteroatoms. The maximum absolute atomic E-state index is 14.7. The van der Waals surface area contributed by atoms with Crippen LogP contribution < -0.4 is 4.72 Å². The summed E-state index contributed by atoms with van der Waals surface area (Å²) in [6, 6.07) is 8.14. The van der Waals surface area contributed by atoms with Gasteiger partial charge in [0.25, 0.3) is 0 Å². The summed E-state index contributed by atoms with van der Waals surface area (Å²) in [7, 11) is -3.79. The topological polar surface area (TPSA) is 114 Å². The zero-order valence-electron chi connectivity index (χ0n) is 19.2. The van der Waals surface area contributed by atoms with Crippen LogP contribution in [0.15, 0.2) is 53.9 Å². The highest BCUT2D eigenvalue weighted by Gasteiger charge is 2.25. The number of sulfonamides is 1. The highest BCUT2D eigenvalue weighted by molar-refractivity contribution is 7.89. The van der Waals surface area contributed by atoms with Crippen LogP contribution in [0.25, 0.3) is 28.1 Å². The Balaban J connectivity index is 1.98. The van der Waals surface area contributed by atoms with Gasteiger partial charge in [-0.3, -0.25) is 14.5 Å². The Morgan fingerprint density at radius 2 is 1.91 bits per heavy atom. The van der Waals surface area contributed by atoms with Crippen molar-refractivity contribution < 1.29 is 12.8 Å². The number of aryl methyl sites for hydroxylation is 1. The third-order valence-electron chi connectivity index (χ3n) is 5.14. The summed E-state index contributed by atoms with van der Waals surface area (Å²) in [5.41, 5.74) is 1.33. The van der Waals surface area contributed by atoms with Crippen LogP contribution in [-0.2, 0) is 16.4 Å². The number of nitriles is 1. The highest BCUT2D eigenvalue weighted by Crippen LogP contribution is 2.36. The molecule has 1 aromatic carbocycles. The average Bonchev–Trinajstić information content (AvgIpc) is 3.10. The maximum Gasteiger partial charge on any atom is 0.242 e. The molecule has 8 nitrogen and oxygen atoms in total. The van der Waals surface area contributed by atoms with Crippen molar-refractivity contribution in [1.82, 2.24) is 24.2 Å². The summed E-state index contributed by atoms with van der Waals surface area (Å²) in [6.45, 7) is 7.08. The predicted molar refractivity (Wildman–Crippen MR) is 126 cm³/mol. The first kappa shape index (κ1) is 23.5. The standard InChI is InChI=1S/C24H23FN6O2S/c1-5-15-10-21-17(11-19(15)25)18(12-26)23(31(21)22-14-27-8-9-28-22)20-7-6-16(13-29-20)34(32,33)30-24(2,3)4/h6-11,13-14,30H,5H2,1-4H3. The van der Waals surface area contributed by atoms with Gasteiger partial charge in [0, 0.05) is 29.5 Å². The Kier molecular flexibility index (Phi) is 5.93. The zero-order chi connectivity index (χ0) is 24.7. The van der Waals surface area contributed by atoms with E-state index >= 15 is 0 Å². The van der Waals surface area contributed by atoms with E-state index < -0.39 is 21.4 Å². The van der Waals surface area contributed by atoms with Gasteiger partial charge >= 0.3 is 0 Å². The molecule has 4 aromatic rings. The molecular formula is C24H23FN6O2S. The number of pyridine rings is 1. The highest BCUT2D eigenvalue weighted by atomic mass is 32.2. The molecule has 0 saturated carbocycles. The SMILES string of the molecule is CCc1cc2c(cc1F)c(C#N)c(-c1ccc(S(=O)(=O)NC(C)(C)C)cn1)n2-c1cnccn1. The Labute approximate surface area is 197 Å². The van der Waals surface area contributed by atoms with E-state index in [0.717, 1.165) is 0 Å². The van der Waals surface area contributed by atoms with Gasteiger partial charge in [0.05, 0.1) is 28.7 Å². The lowest BCUT2D eigenvalue weighted by Gasteiger charge is -2.20. The molecule has 0 unspecified atom stereocenters. The molecule has 0 aliphatic rings. The van der Waals surface area contributed by atoms with Crippen LogP contribution in [0, 0.1) is 17.1 Å². The molecule has 1 N–H and O–H groups in total. The van der Waals surface area contributed by atoms with Crippen LogP contribution in [0.4, 0.5) is 4.39 Å². The fourth-order valence-electron chi connectivity index (χ4n) is 3.76. The molecular weight excluding hydrogens is 455 g/mol. The minimum atomic E-state index is -3.79. The lowest BCUT2D eigenvalue weighted by Crippen LogP contribution is -2.40. The molecule has 0 aliphatic heterocycles. The molecule has 0 radical (unpaired) electrons. The van der Waals surface area contributed by atoms with E-state index in [1.54, 1.807) is 31.4 Å². The number of aromatic nitrogens is 4. The van der Waals surface area contributed by atoms with Gasteiger partial charge < -0.3 is 0 Å². The van der Waals surface area contributed by atoms with Crippen molar-refractivity contribution in [3.8, 4) is 23.3 Å². The molecule has 0 bridgehead atoms. The van der Waals surface area contributed by atoms with Crippen LogP contribution in [0.1, 0.15) is 38.8 Å². The van der Waals surface area contributed by atoms with Crippen LogP contribution >= 0.6 is 0 Å². The van der Waals surface area contributed by atoms with Crippen LogP contribution in [0.2, 0.25) is 0 Å². The van der Waals surface area contributed by atoms with Crippen molar-refractivity contribution >= 4 is 20.9 Å². The van der Waals surface area contributed by atoms with Crippen molar-refractivity contribution in [2.24, 2.45) is 0 Å². The first-order valence-electron chi connectivity index (χ1n) is 10.6. The van der Waals surface area contributed by atoms with Crippen LogP contribution in [0.3, 0.4) is 0 Å². The van der Waals surface area contributed by atoms with Crippen molar-refractivity contribution in [1.29, 1.82) is 5.26 Å². The number of fused-ring (bicyclic) bond motifs is 1. The van der Waals surface area contributed by atoms with Gasteiger partial charge in [-0.15, -0.1) is 0 Å². The molecule has 3 aromatic heterocycles. The van der Waals surface area contributed by atoms with E-state index in [1.807, 2.05) is 6.92 Å². The molecule has 34 heavy (non-hydrogen) atoms. The summed E-state index contributed by atoms with van der Waals surface area (Å²) in [6.07, 6.45) is 6.28. The molecule has 0 aliphatic carbocycles. The molecule has 0 spiro atoms. The summed E-state index contributed by atoms with van der Waals surface area (Å²) in [5.74, 6) is 0.0163. The van der Waals surface area contributed by atoms with E-state index in [0.29, 0.717) is 40.1 Å². The molecule has 0 atom stereocenters. The fourth-order valence-corrected chi connectivity index (χ4v) is 5.13. The fraction of sp³-hybridized carbons (Fsp3) is 0.250. The smallest absolute Gasteiger partial charge is 0.242 e. The molecule has 0 fully saturated rings. The largest absolute Gasteiger partial charge is 0.290 e. The lowest BCUT2D eigenvalue weighted by molar-refractivity contribution is 0.491. The average molecular weight is 479 g/mol. The second-order valence-corrected chi connectivity index (χ2v) is 10.5. The number of hydrogen-bond donors (Lipinski definition) is 1. The van der Waals surface area contributed by atoms with Crippen LogP contribution in [0.5, 0.6) is 0 Å². The summed E-state index contributed by atoms with van der Waals surface area (Å²) >= 11 is 0. The molecule has 3 heterocycles. The number of halogens is 1. The first-order valence-corrected chi connectivity index (χ1v) is 12.1. The number of hydrogen-bond acceptors (Lipinski definition) is 6. The Morgan fingerprint density at radius 1 is 1.15 bits per heavy atom. The van der Waals surface area contributed by atoms with E-state index in [4.69, 9.17) is 0 Å². The van der Waals surface area contributed by atoms with Gasteiger partial charge in [0.2, 0.25) is 10.0 Å². The van der Waals surface area contributed by atoms with Crippen molar-refractivity contribution in [2.45, 2.75) is 44.6 Å². The quantitative estimate of drug-likeness (QED) is 0.461. The van der Waals surface area contributed by atoms with Crippen LogP contribution in [-0.4, -0.2) is 33.5 Å². The zero-order valence-corrected chi connectivity index (χ0v) is 20.0. The van der Waals surface area contributed by atoms with Gasteiger partial charge in [-0.05, 0) is 57.0 Å². The predicted octanol–water partition coefficient (Wildman–Crippen LogP) is 4.13. The third-order valence-corrected chi connectivity index (χ3v) is 6.88. The minimum Gasteiger partial charge on any atom is -0.290 e. The summed E-state index contributed by atoms with van der Waals surface area (Å²) < 4.78 is 44.3. The van der Waals surface area contributed by atoms with Gasteiger partial charge in [0.15, 0.2) is 5.82 Å². The number of nitrogens with one attached hydrogen (secondary N) is 1. The normalized spacial score (nSPS) is 12.1. The summed E-state index contributed by atoms with van der Waals surface area (Å²) in [5, 5.41) is 10.4. The van der Waals surface area contributed by atoms with Gasteiger partial charge in [0.1, 0.15) is 16.8 Å². The summed E-state index contributed by atoms with van der Waals surface area (Å²) in [4.78, 5) is 12.9. The minimum absolute atomic E-state index is 0.00818. The second kappa shape index (κ2) is 8.59. The number of nitrogens with zero attached hydrogens (tertiary/aromatic N) is 5. The van der Waals surface area contributed by atoms with Crippen molar-refractivity contribution in [3.05, 3.63) is 66.0 Å². The third kappa shape index (κ3) is 4.27. The van der Waals surface area contributed by atoms with E-state index in [2.05, 4.69) is 25.7 Å². The number of rotatable bonds is 5. The molecule has 4 rings (SSSR count). The molecule has 174 valence electrons. The monoisotopic (exact) mass is 478 g/mol. The first-order chi connectivity index (χ1) is 16.1. The van der Waals surface area contributed by atoms with Gasteiger partial charge in [-0.25, -0.2) is 22.5 Å². The van der Waals surface area contributed by atoms with E-state index in [1.165, 1.54) is 43.0 Å². The maximum atomic E-state index is 14.7. The van der Waals surface area contributed by atoms with E-state index in [-0.39, 0.29) is 10.5 Å². The van der Waals surface area contributed by atoms with Crippen molar-refractivity contribution in [3.63, 3.8) is 0 Å². The van der Waals surface area contributed by atoms with Crippen molar-refractivity contribution in [2.75, 3.05) is 0 Å². The van der Waals surface area contributed by atoms with E-state index in [9.17, 15) is 18.1 Å². The Hall–Kier alpha value is -3.68. The second-order valence-electron chi connectivity index (χ2n) is 8.78. The lowest BCUT2D eigenvalue weighted by atomic mass is 10.1. The van der Waals surface area contributed by atoms with Gasteiger partial charge in [-0.1, -0.05) is 6.92 Å². The molecule has 0 amide bonds. The van der Waals surface area contributed by atoms with Gasteiger partial charge in [-0.2, -0.15) is 5.26 Å². The Morgan fingerprint density at radius 3 is 2.47 bits per heavy atom.